The van der Waals surface area contributed by atoms with Crippen molar-refractivity contribution in [3.8, 4) is 0 Å². The second kappa shape index (κ2) is 7.25. The summed E-state index contributed by atoms with van der Waals surface area (Å²) in [7, 11) is 0. The molecule has 3 rings (SSSR count). The molecule has 2 aromatic rings. The number of hydrogen-bond acceptors (Lipinski definition) is 3. The number of carbonyl (C=O) groups excluding carboxylic acids is 1. The fourth-order valence-corrected chi connectivity index (χ4v) is 3.29. The van der Waals surface area contributed by atoms with Crippen molar-refractivity contribution < 1.29 is 9.72 Å². The van der Waals surface area contributed by atoms with E-state index in [9.17, 15) is 14.9 Å². The van der Waals surface area contributed by atoms with Crippen LogP contribution in [0.5, 0.6) is 0 Å². The van der Waals surface area contributed by atoms with Crippen molar-refractivity contribution in [3.05, 3.63) is 75.3 Å². The molecule has 0 saturated heterocycles. The Hall–Kier alpha value is -2.69. The Balaban J connectivity index is 1.55. The summed E-state index contributed by atoms with van der Waals surface area (Å²) in [6.45, 7) is 0.642. The SMILES string of the molecule is O=C(Cc1ccc([N+](=O)[O-])cc1)NCC1CCCc2ccccc21. The molecule has 0 heterocycles. The standard InChI is InChI=1S/C19H20N2O3/c22-19(12-14-8-10-17(11-9-14)21(23)24)20-13-16-6-3-5-15-4-1-2-7-18(15)16/h1-2,4,7-11,16H,3,5-6,12-13H2,(H,20,22). The summed E-state index contributed by atoms with van der Waals surface area (Å²) in [5.41, 5.74) is 3.55. The van der Waals surface area contributed by atoms with E-state index in [1.807, 2.05) is 0 Å². The van der Waals surface area contributed by atoms with Crippen LogP contribution in [0.25, 0.3) is 0 Å². The van der Waals surface area contributed by atoms with Gasteiger partial charge in [-0.05, 0) is 36.0 Å². The maximum absolute atomic E-state index is 12.1. The molecule has 5 nitrogen and oxygen atoms in total. The maximum atomic E-state index is 12.1. The molecule has 5 heteroatoms. The van der Waals surface area contributed by atoms with Crippen LogP contribution >= 0.6 is 0 Å². The second-order valence-electron chi connectivity index (χ2n) is 6.19. The zero-order chi connectivity index (χ0) is 16.9. The zero-order valence-corrected chi connectivity index (χ0v) is 13.4. The number of amides is 1. The Morgan fingerprint density at radius 3 is 2.67 bits per heavy atom. The van der Waals surface area contributed by atoms with E-state index in [1.165, 1.54) is 23.3 Å². The number of rotatable bonds is 5. The lowest BCUT2D eigenvalue weighted by Gasteiger charge is -2.25. The van der Waals surface area contributed by atoms with E-state index >= 15 is 0 Å². The fraction of sp³-hybridized carbons (Fsp3) is 0.316. The summed E-state index contributed by atoms with van der Waals surface area (Å²) in [5, 5.41) is 13.6. The van der Waals surface area contributed by atoms with Crippen LogP contribution in [-0.4, -0.2) is 17.4 Å². The first kappa shape index (κ1) is 16.2. The molecular weight excluding hydrogens is 304 g/mol. The molecule has 1 atom stereocenters. The highest BCUT2D eigenvalue weighted by Crippen LogP contribution is 2.30. The van der Waals surface area contributed by atoms with Gasteiger partial charge in [0.2, 0.25) is 5.91 Å². The average Bonchev–Trinajstić information content (AvgIpc) is 2.60. The van der Waals surface area contributed by atoms with Gasteiger partial charge in [-0.15, -0.1) is 0 Å². The van der Waals surface area contributed by atoms with Gasteiger partial charge in [0.05, 0.1) is 11.3 Å². The number of fused-ring (bicyclic) bond motifs is 1. The van der Waals surface area contributed by atoms with Crippen molar-refractivity contribution in [2.45, 2.75) is 31.6 Å². The third-order valence-electron chi connectivity index (χ3n) is 4.55. The molecule has 1 amide bonds. The maximum Gasteiger partial charge on any atom is 0.269 e. The van der Waals surface area contributed by atoms with Crippen LogP contribution in [0.4, 0.5) is 5.69 Å². The van der Waals surface area contributed by atoms with Gasteiger partial charge in [0.1, 0.15) is 0 Å². The first-order valence-electron chi connectivity index (χ1n) is 8.21. The highest BCUT2D eigenvalue weighted by atomic mass is 16.6. The molecule has 2 aromatic carbocycles. The van der Waals surface area contributed by atoms with Crippen LogP contribution in [0.2, 0.25) is 0 Å². The Labute approximate surface area is 140 Å². The van der Waals surface area contributed by atoms with Gasteiger partial charge in [-0.3, -0.25) is 14.9 Å². The number of nitro benzene ring substituents is 1. The van der Waals surface area contributed by atoms with E-state index in [0.29, 0.717) is 12.5 Å². The largest absolute Gasteiger partial charge is 0.355 e. The van der Waals surface area contributed by atoms with E-state index in [1.54, 1.807) is 12.1 Å². The number of benzene rings is 2. The van der Waals surface area contributed by atoms with E-state index < -0.39 is 4.92 Å². The molecular formula is C19H20N2O3. The molecule has 0 saturated carbocycles. The number of hydrogen-bond donors (Lipinski definition) is 1. The molecule has 1 unspecified atom stereocenters. The number of nitro groups is 1. The average molecular weight is 324 g/mol. The molecule has 0 radical (unpaired) electrons. The quantitative estimate of drug-likeness (QED) is 0.677. The van der Waals surface area contributed by atoms with Gasteiger partial charge in [-0.2, -0.15) is 0 Å². The van der Waals surface area contributed by atoms with Gasteiger partial charge in [0.25, 0.3) is 5.69 Å². The van der Waals surface area contributed by atoms with Crippen LogP contribution in [-0.2, 0) is 17.6 Å². The van der Waals surface area contributed by atoms with E-state index in [0.717, 1.165) is 24.8 Å². The number of non-ortho nitro benzene ring substituents is 1. The van der Waals surface area contributed by atoms with Crippen LogP contribution in [0.15, 0.2) is 48.5 Å². The second-order valence-corrected chi connectivity index (χ2v) is 6.19. The summed E-state index contributed by atoms with van der Waals surface area (Å²) in [6, 6.07) is 14.6. The highest BCUT2D eigenvalue weighted by Gasteiger charge is 2.20. The molecule has 0 spiro atoms. The summed E-state index contributed by atoms with van der Waals surface area (Å²) >= 11 is 0. The Morgan fingerprint density at radius 1 is 1.17 bits per heavy atom. The van der Waals surface area contributed by atoms with E-state index in [2.05, 4.69) is 29.6 Å². The van der Waals surface area contributed by atoms with Gasteiger partial charge in [0, 0.05) is 24.6 Å². The molecule has 0 fully saturated rings. The Kier molecular flexibility index (Phi) is 4.89. The Bertz CT molecular complexity index is 741. The lowest BCUT2D eigenvalue weighted by atomic mass is 9.83. The normalized spacial score (nSPS) is 16.2. The fourth-order valence-electron chi connectivity index (χ4n) is 3.29. The van der Waals surface area contributed by atoms with Gasteiger partial charge < -0.3 is 5.32 Å². The predicted molar refractivity (Wildman–Crippen MR) is 91.9 cm³/mol. The lowest BCUT2D eigenvalue weighted by molar-refractivity contribution is -0.384. The number of carbonyl (C=O) groups is 1. The zero-order valence-electron chi connectivity index (χ0n) is 13.4. The van der Waals surface area contributed by atoms with Crippen LogP contribution in [0.3, 0.4) is 0 Å². The number of aryl methyl sites for hydroxylation is 1. The molecule has 24 heavy (non-hydrogen) atoms. The minimum Gasteiger partial charge on any atom is -0.355 e. The van der Waals surface area contributed by atoms with Crippen molar-refractivity contribution in [2.24, 2.45) is 0 Å². The van der Waals surface area contributed by atoms with Gasteiger partial charge >= 0.3 is 0 Å². The van der Waals surface area contributed by atoms with Crippen molar-refractivity contribution in [2.75, 3.05) is 6.54 Å². The number of nitrogens with zero attached hydrogens (tertiary/aromatic N) is 1. The summed E-state index contributed by atoms with van der Waals surface area (Å²) in [4.78, 5) is 22.3. The minimum atomic E-state index is -0.440. The molecule has 1 aliphatic rings. The van der Waals surface area contributed by atoms with Crippen molar-refractivity contribution in [1.82, 2.24) is 5.32 Å². The van der Waals surface area contributed by atoms with Crippen molar-refractivity contribution >= 4 is 11.6 Å². The number of nitrogens with one attached hydrogen (secondary N) is 1. The van der Waals surface area contributed by atoms with Gasteiger partial charge in [-0.1, -0.05) is 36.4 Å². The molecule has 0 aliphatic heterocycles. The molecule has 1 aliphatic carbocycles. The summed E-state index contributed by atoms with van der Waals surface area (Å²) < 4.78 is 0. The van der Waals surface area contributed by atoms with Crippen molar-refractivity contribution in [3.63, 3.8) is 0 Å². The van der Waals surface area contributed by atoms with Crippen LogP contribution < -0.4 is 5.32 Å². The minimum absolute atomic E-state index is 0.0398. The third-order valence-corrected chi connectivity index (χ3v) is 4.55. The lowest BCUT2D eigenvalue weighted by Crippen LogP contribution is -2.31. The molecule has 124 valence electrons. The highest BCUT2D eigenvalue weighted by molar-refractivity contribution is 5.78. The summed E-state index contributed by atoms with van der Waals surface area (Å²) in [5.74, 6) is 0.322. The van der Waals surface area contributed by atoms with Crippen LogP contribution in [0.1, 0.15) is 35.4 Å². The first-order chi connectivity index (χ1) is 11.6. The third kappa shape index (κ3) is 3.79. The molecule has 0 aromatic heterocycles. The van der Waals surface area contributed by atoms with E-state index in [-0.39, 0.29) is 18.0 Å². The topological polar surface area (TPSA) is 72.2 Å². The van der Waals surface area contributed by atoms with Gasteiger partial charge in [-0.25, -0.2) is 0 Å². The van der Waals surface area contributed by atoms with Crippen molar-refractivity contribution in [1.29, 1.82) is 0 Å². The predicted octanol–water partition coefficient (Wildman–Crippen LogP) is 3.37. The monoisotopic (exact) mass is 324 g/mol. The summed E-state index contributed by atoms with van der Waals surface area (Å²) in [6.07, 6.45) is 3.60. The molecule has 0 bridgehead atoms. The Morgan fingerprint density at radius 2 is 1.92 bits per heavy atom. The first-order valence-corrected chi connectivity index (χ1v) is 8.21. The molecule has 1 N–H and O–H groups in total. The van der Waals surface area contributed by atoms with Gasteiger partial charge in [0.15, 0.2) is 0 Å². The van der Waals surface area contributed by atoms with Crippen LogP contribution in [0, 0.1) is 10.1 Å². The smallest absolute Gasteiger partial charge is 0.269 e. The van der Waals surface area contributed by atoms with E-state index in [4.69, 9.17) is 0 Å².